The van der Waals surface area contributed by atoms with E-state index in [0.29, 0.717) is 5.82 Å². The molecule has 2 aliphatic heterocycles. The molecule has 0 saturated carbocycles. The van der Waals surface area contributed by atoms with E-state index < -0.39 is 12.2 Å². The molecule has 0 spiro atoms. The Hall–Kier alpha value is -2.22. The Morgan fingerprint density at radius 2 is 2.00 bits per heavy atom. The van der Waals surface area contributed by atoms with Gasteiger partial charge in [-0.2, -0.15) is 18.3 Å². The van der Waals surface area contributed by atoms with Crippen LogP contribution in [0.1, 0.15) is 49.5 Å². The molecule has 3 heterocycles. The van der Waals surface area contributed by atoms with Gasteiger partial charge in [-0.15, -0.1) is 0 Å². The van der Waals surface area contributed by atoms with Crippen molar-refractivity contribution >= 4 is 5.82 Å². The zero-order chi connectivity index (χ0) is 19.9. The van der Waals surface area contributed by atoms with Gasteiger partial charge in [0.15, 0.2) is 6.04 Å². The van der Waals surface area contributed by atoms with Crippen molar-refractivity contribution in [2.24, 2.45) is 0 Å². The highest BCUT2D eigenvalue weighted by Crippen LogP contribution is 2.41. The first-order valence-corrected chi connectivity index (χ1v) is 9.65. The maximum absolute atomic E-state index is 13.5. The van der Waals surface area contributed by atoms with Gasteiger partial charge in [0.1, 0.15) is 11.6 Å². The maximum atomic E-state index is 13.5. The molecule has 1 fully saturated rings. The molecule has 3 atom stereocenters. The Labute approximate surface area is 162 Å². The summed E-state index contributed by atoms with van der Waals surface area (Å²) in [5.74, 6) is 1.27. The molecule has 5 nitrogen and oxygen atoms in total. The quantitative estimate of drug-likeness (QED) is 0.827. The summed E-state index contributed by atoms with van der Waals surface area (Å²) in [4.78, 5) is 2.29. The molecule has 2 aliphatic rings. The van der Waals surface area contributed by atoms with Crippen LogP contribution in [0.25, 0.3) is 0 Å². The number of ether oxygens (including phenoxy) is 1. The minimum Gasteiger partial charge on any atom is -0.497 e. The highest BCUT2D eigenvalue weighted by atomic mass is 19.4. The number of methoxy groups -OCH3 is 1. The van der Waals surface area contributed by atoms with Gasteiger partial charge in [0, 0.05) is 18.7 Å². The van der Waals surface area contributed by atoms with Gasteiger partial charge >= 0.3 is 6.18 Å². The summed E-state index contributed by atoms with van der Waals surface area (Å²) in [6.07, 6.45) is -2.39. The van der Waals surface area contributed by atoms with Crippen LogP contribution in [0.3, 0.4) is 0 Å². The first-order chi connectivity index (χ1) is 13.3. The fraction of sp³-hybridized carbons (Fsp3) is 0.550. The Kier molecular flexibility index (Phi) is 4.99. The van der Waals surface area contributed by atoms with Gasteiger partial charge in [-0.3, -0.25) is 4.90 Å². The molecular formula is C20H25F3N4O. The number of rotatable bonds is 4. The number of halogens is 3. The maximum Gasteiger partial charge on any atom is 0.410 e. The first-order valence-electron chi connectivity index (χ1n) is 9.65. The lowest BCUT2D eigenvalue weighted by Crippen LogP contribution is -2.37. The molecule has 1 N–H and O–H groups in total. The molecule has 0 aliphatic carbocycles. The van der Waals surface area contributed by atoms with Crippen LogP contribution in [0, 0.1) is 0 Å². The molecule has 8 heteroatoms. The molecule has 0 radical (unpaired) electrons. The number of nitrogens with one attached hydrogen (secondary N) is 1. The third-order valence-electron chi connectivity index (χ3n) is 5.65. The standard InChI is InChI=1S/C20H25F3N4O/c1-13-10-18(20(21,22)23)27-19(24-13)11-16(25-27)17-4-3-9-26(17)12-14-5-7-15(28-2)8-6-14/h5-8,11,13,17-18,24H,3-4,9-10,12H2,1-2H3/t13-,17?,18-/m1/s1. The third kappa shape index (κ3) is 3.70. The van der Waals surface area contributed by atoms with Gasteiger partial charge in [0.2, 0.25) is 0 Å². The molecule has 0 amide bonds. The van der Waals surface area contributed by atoms with Crippen molar-refractivity contribution in [3.8, 4) is 5.75 Å². The largest absolute Gasteiger partial charge is 0.497 e. The van der Waals surface area contributed by atoms with Gasteiger partial charge in [-0.05, 0) is 50.4 Å². The zero-order valence-corrected chi connectivity index (χ0v) is 16.0. The smallest absolute Gasteiger partial charge is 0.410 e. The predicted molar refractivity (Wildman–Crippen MR) is 100 cm³/mol. The SMILES string of the molecule is COc1ccc(CN2CCCC2c2cc3n(n2)[C@@H](C(F)(F)F)C[C@@H](C)N3)cc1. The summed E-state index contributed by atoms with van der Waals surface area (Å²) in [7, 11) is 1.63. The topological polar surface area (TPSA) is 42.3 Å². The first kappa shape index (κ1) is 19.1. The average molecular weight is 394 g/mol. The zero-order valence-electron chi connectivity index (χ0n) is 16.0. The summed E-state index contributed by atoms with van der Waals surface area (Å²) in [6.45, 7) is 3.43. The highest BCUT2D eigenvalue weighted by molar-refractivity contribution is 5.42. The summed E-state index contributed by atoms with van der Waals surface area (Å²) >= 11 is 0. The summed E-state index contributed by atoms with van der Waals surface area (Å²) in [5, 5.41) is 7.56. The number of hydrogen-bond donors (Lipinski definition) is 1. The van der Waals surface area contributed by atoms with Crippen molar-refractivity contribution in [2.75, 3.05) is 19.0 Å². The second-order valence-corrected chi connectivity index (χ2v) is 7.71. The molecule has 1 aromatic carbocycles. The molecule has 4 rings (SSSR count). The Balaban J connectivity index is 1.56. The molecule has 0 bridgehead atoms. The van der Waals surface area contributed by atoms with Crippen molar-refractivity contribution < 1.29 is 17.9 Å². The molecule has 152 valence electrons. The van der Waals surface area contributed by atoms with Gasteiger partial charge in [-0.25, -0.2) is 4.68 Å². The molecule has 1 unspecified atom stereocenters. The van der Waals surface area contributed by atoms with Crippen molar-refractivity contribution in [1.29, 1.82) is 0 Å². The minimum absolute atomic E-state index is 0.00213. The Morgan fingerprint density at radius 1 is 1.25 bits per heavy atom. The minimum atomic E-state index is -4.30. The van der Waals surface area contributed by atoms with Crippen LogP contribution in [0.4, 0.5) is 19.0 Å². The normalized spacial score (nSPS) is 25.4. The Bertz CT molecular complexity index is 818. The monoisotopic (exact) mass is 394 g/mol. The van der Waals surface area contributed by atoms with E-state index in [1.165, 1.54) is 0 Å². The number of fused-ring (bicyclic) bond motifs is 1. The number of hydrogen-bond acceptors (Lipinski definition) is 4. The van der Waals surface area contributed by atoms with Crippen LogP contribution in [0.5, 0.6) is 5.75 Å². The lowest BCUT2D eigenvalue weighted by molar-refractivity contribution is -0.173. The van der Waals surface area contributed by atoms with E-state index in [-0.39, 0.29) is 18.5 Å². The van der Waals surface area contributed by atoms with Gasteiger partial charge < -0.3 is 10.1 Å². The molecule has 28 heavy (non-hydrogen) atoms. The van der Waals surface area contributed by atoms with Crippen molar-refractivity contribution in [3.63, 3.8) is 0 Å². The average Bonchev–Trinajstić information content (AvgIpc) is 3.27. The number of alkyl halides is 3. The number of benzene rings is 1. The number of likely N-dealkylation sites (tertiary alicyclic amines) is 1. The van der Waals surface area contributed by atoms with Gasteiger partial charge in [0.05, 0.1) is 18.8 Å². The number of anilines is 1. The van der Waals surface area contributed by atoms with Crippen LogP contribution < -0.4 is 10.1 Å². The van der Waals surface area contributed by atoms with E-state index >= 15 is 0 Å². The second kappa shape index (κ2) is 7.31. The van der Waals surface area contributed by atoms with E-state index in [1.54, 1.807) is 20.1 Å². The van der Waals surface area contributed by atoms with Gasteiger partial charge in [-0.1, -0.05) is 12.1 Å². The molecule has 1 saturated heterocycles. The molecule has 1 aromatic heterocycles. The molecular weight excluding hydrogens is 369 g/mol. The second-order valence-electron chi connectivity index (χ2n) is 7.71. The molecule has 2 aromatic rings. The van der Waals surface area contributed by atoms with Crippen molar-refractivity contribution in [1.82, 2.24) is 14.7 Å². The fourth-order valence-corrected chi connectivity index (χ4v) is 4.26. The summed E-state index contributed by atoms with van der Waals surface area (Å²) in [6, 6.07) is 7.93. The van der Waals surface area contributed by atoms with E-state index in [4.69, 9.17) is 4.74 Å². The van der Waals surface area contributed by atoms with E-state index in [1.807, 2.05) is 24.3 Å². The highest BCUT2D eigenvalue weighted by Gasteiger charge is 2.46. The van der Waals surface area contributed by atoms with Crippen LogP contribution in [-0.4, -0.2) is 40.6 Å². The fourth-order valence-electron chi connectivity index (χ4n) is 4.26. The lowest BCUT2D eigenvalue weighted by Gasteiger charge is -2.31. The van der Waals surface area contributed by atoms with Gasteiger partial charge in [0.25, 0.3) is 0 Å². The van der Waals surface area contributed by atoms with Crippen LogP contribution in [0.2, 0.25) is 0 Å². The predicted octanol–water partition coefficient (Wildman–Crippen LogP) is 4.54. The Morgan fingerprint density at radius 3 is 2.68 bits per heavy atom. The number of nitrogens with zero attached hydrogens (tertiary/aromatic N) is 3. The van der Waals surface area contributed by atoms with E-state index in [9.17, 15) is 13.2 Å². The lowest BCUT2D eigenvalue weighted by atomic mass is 10.1. The summed E-state index contributed by atoms with van der Waals surface area (Å²) in [5.41, 5.74) is 1.87. The van der Waals surface area contributed by atoms with E-state index in [2.05, 4.69) is 15.3 Å². The van der Waals surface area contributed by atoms with E-state index in [0.717, 1.165) is 47.6 Å². The van der Waals surface area contributed by atoms with Crippen LogP contribution in [0.15, 0.2) is 30.3 Å². The van der Waals surface area contributed by atoms with Crippen LogP contribution >= 0.6 is 0 Å². The van der Waals surface area contributed by atoms with Crippen molar-refractivity contribution in [2.45, 2.75) is 57.0 Å². The number of aromatic nitrogens is 2. The third-order valence-corrected chi connectivity index (χ3v) is 5.65. The summed E-state index contributed by atoms with van der Waals surface area (Å²) < 4.78 is 46.8. The van der Waals surface area contributed by atoms with Crippen LogP contribution in [-0.2, 0) is 6.54 Å². The van der Waals surface area contributed by atoms with Crippen molar-refractivity contribution in [3.05, 3.63) is 41.6 Å².